The molecule has 1 amide bonds. The van der Waals surface area contributed by atoms with Crippen molar-refractivity contribution in [2.75, 3.05) is 31.7 Å². The van der Waals surface area contributed by atoms with E-state index in [0.29, 0.717) is 31.7 Å². The fourth-order valence-corrected chi connectivity index (χ4v) is 2.77. The number of aliphatic hydroxyl groups excluding tert-OH is 1. The van der Waals surface area contributed by atoms with E-state index in [4.69, 9.17) is 91.8 Å². The van der Waals surface area contributed by atoms with Gasteiger partial charge in [-0.05, 0) is 63.0 Å². The molecule has 0 aromatic carbocycles. The van der Waals surface area contributed by atoms with Gasteiger partial charge in [-0.2, -0.15) is 11.8 Å². The molecule has 0 saturated heterocycles. The molecule has 0 saturated carbocycles. The molecule has 29 N–H and O–H groups in total. The molecule has 7 atom stereocenters. The van der Waals surface area contributed by atoms with Crippen LogP contribution >= 0.6 is 11.8 Å². The molecule has 0 aliphatic rings. The molecule has 0 aliphatic carbocycles. The summed E-state index contributed by atoms with van der Waals surface area (Å²) in [7, 11) is 0. The summed E-state index contributed by atoms with van der Waals surface area (Å²) < 4.78 is 0. The molecule has 0 aromatic rings. The quantitative estimate of drug-likeness (QED) is 0.0481. The maximum Gasteiger partial charge on any atom is 0.322 e. The number of aliphatic carboxylic acids is 8. The number of unbranched alkanes of at least 4 members (excludes halogenated alkanes) is 1. The van der Waals surface area contributed by atoms with Crippen LogP contribution in [0.1, 0.15) is 73.1 Å². The maximum absolute atomic E-state index is 10.1. The number of hydrogen-bond acceptors (Lipinski definition) is 20. The smallest absolute Gasteiger partial charge is 0.322 e. The number of thioether (sulfide) groups is 1. The van der Waals surface area contributed by atoms with Crippen LogP contribution in [0.25, 0.3) is 0 Å². The number of hydrogen-bond donors (Lipinski definition) is 19. The van der Waals surface area contributed by atoms with Crippen molar-refractivity contribution in [1.29, 1.82) is 0 Å². The summed E-state index contributed by atoms with van der Waals surface area (Å²) >= 11 is 1.60. The molecular weight excluding hydrogens is 868 g/mol. The van der Waals surface area contributed by atoms with Crippen molar-refractivity contribution in [1.82, 2.24) is 0 Å². The van der Waals surface area contributed by atoms with E-state index in [9.17, 15) is 43.2 Å². The lowest BCUT2D eigenvalue weighted by Gasteiger charge is -2.07. The Morgan fingerprint density at radius 3 is 1.02 bits per heavy atom. The van der Waals surface area contributed by atoms with E-state index in [1.54, 1.807) is 25.6 Å². The molecule has 63 heavy (non-hydrogen) atoms. The number of primary amides is 1. The second-order valence-corrected chi connectivity index (χ2v) is 14.1. The van der Waals surface area contributed by atoms with Crippen LogP contribution in [0.5, 0.6) is 0 Å². The third-order valence-electron chi connectivity index (χ3n) is 6.10. The van der Waals surface area contributed by atoms with Crippen molar-refractivity contribution in [2.45, 2.75) is 115 Å². The summed E-state index contributed by atoms with van der Waals surface area (Å²) in [4.78, 5) is 88.7. The molecule has 0 fully saturated rings. The molecule has 0 radical (unpaired) electrons. The van der Waals surface area contributed by atoms with Gasteiger partial charge in [-0.25, -0.2) is 0 Å². The van der Waals surface area contributed by atoms with Crippen LogP contribution in [0.15, 0.2) is 0 Å². The molecule has 0 unspecified atom stereocenters. The van der Waals surface area contributed by atoms with Crippen LogP contribution < -0.4 is 57.3 Å². The van der Waals surface area contributed by atoms with Crippen LogP contribution in [0.3, 0.4) is 0 Å². The average Bonchev–Trinajstić information content (AvgIpc) is 3.17. The highest BCUT2D eigenvalue weighted by atomic mass is 32.2. The van der Waals surface area contributed by atoms with E-state index in [0.717, 1.165) is 18.6 Å². The van der Waals surface area contributed by atoms with Gasteiger partial charge >= 0.3 is 47.8 Å². The lowest BCUT2D eigenvalue weighted by atomic mass is 10.1. The Labute approximate surface area is 370 Å². The molecule has 28 nitrogen and oxygen atoms in total. The van der Waals surface area contributed by atoms with E-state index < -0.39 is 103 Å². The van der Waals surface area contributed by atoms with E-state index >= 15 is 0 Å². The number of aliphatic hydroxyl groups is 1. The Hall–Kier alpha value is -4.82. The zero-order chi connectivity index (χ0) is 52.2. The lowest BCUT2D eigenvalue weighted by Crippen LogP contribution is -2.34. The summed E-state index contributed by atoms with van der Waals surface area (Å²) in [5, 5.41) is 72.6. The number of carboxylic acid groups (broad SMARTS) is 8. The predicted molar refractivity (Wildman–Crippen MR) is 233 cm³/mol. The zero-order valence-electron chi connectivity index (χ0n) is 36.6. The Balaban J connectivity index is -0.0000000922. The molecule has 29 heteroatoms. The highest BCUT2D eigenvalue weighted by molar-refractivity contribution is 7.98. The fourth-order valence-electron chi connectivity index (χ4n) is 2.28. The summed E-state index contributed by atoms with van der Waals surface area (Å²) in [6, 6.07) is -5.82. The number of carboxylic acids is 8. The van der Waals surface area contributed by atoms with Crippen LogP contribution in [-0.2, 0) is 43.2 Å². The molecule has 0 heterocycles. The van der Waals surface area contributed by atoms with Crippen molar-refractivity contribution in [3.05, 3.63) is 0 Å². The Morgan fingerprint density at radius 1 is 0.524 bits per heavy atom. The third kappa shape index (κ3) is 75.0. The first-order valence-electron chi connectivity index (χ1n) is 18.5. The summed E-state index contributed by atoms with van der Waals surface area (Å²) in [6.07, 6.45) is 4.88. The monoisotopic (exact) mass is 945 g/mol. The molecular formula is C34H76N10O18S. The van der Waals surface area contributed by atoms with Crippen LogP contribution in [-0.4, -0.2) is 174 Å². The van der Waals surface area contributed by atoms with Gasteiger partial charge in [0.05, 0.1) is 19.6 Å². The molecule has 0 bridgehead atoms. The predicted octanol–water partition coefficient (Wildman–Crippen LogP) is -4.71. The van der Waals surface area contributed by atoms with Crippen molar-refractivity contribution < 1.29 is 89.1 Å². The maximum atomic E-state index is 10.1. The van der Waals surface area contributed by atoms with Gasteiger partial charge in [0, 0.05) is 0 Å². The van der Waals surface area contributed by atoms with E-state index in [-0.39, 0.29) is 18.9 Å². The van der Waals surface area contributed by atoms with E-state index in [2.05, 4.69) is 11.5 Å². The minimum Gasteiger partial charge on any atom is -0.480 e. The molecule has 0 aliphatic heterocycles. The van der Waals surface area contributed by atoms with Crippen molar-refractivity contribution in [3.8, 4) is 0 Å². The van der Waals surface area contributed by atoms with Gasteiger partial charge in [0.2, 0.25) is 5.91 Å². The molecule has 0 aromatic heterocycles. The van der Waals surface area contributed by atoms with Crippen LogP contribution in [0.4, 0.5) is 0 Å². The summed E-state index contributed by atoms with van der Waals surface area (Å²) in [5.74, 6) is -7.53. The fraction of sp³-hybridized carbons (Fsp3) is 0.735. The first kappa shape index (κ1) is 75.5. The van der Waals surface area contributed by atoms with E-state index in [1.807, 2.05) is 20.1 Å². The highest BCUT2D eigenvalue weighted by Gasteiger charge is 2.15. The number of carbonyl (C=O) groups excluding carboxylic acids is 1. The first-order chi connectivity index (χ1) is 28.6. The first-order valence-corrected chi connectivity index (χ1v) is 19.9. The van der Waals surface area contributed by atoms with Gasteiger partial charge in [0.25, 0.3) is 0 Å². The van der Waals surface area contributed by atoms with Crippen molar-refractivity contribution in [2.24, 2.45) is 69.2 Å². The minimum atomic E-state index is -1.21. The zero-order valence-corrected chi connectivity index (χ0v) is 37.5. The number of nitrogens with two attached hydrogens (primary N) is 10. The Bertz CT molecular complexity index is 1250. The van der Waals surface area contributed by atoms with Crippen LogP contribution in [0.2, 0.25) is 0 Å². The molecule has 0 spiro atoms. The Kier molecular flexibility index (Phi) is 59.8. The van der Waals surface area contributed by atoms with Gasteiger partial charge in [-0.3, -0.25) is 43.2 Å². The van der Waals surface area contributed by atoms with Gasteiger partial charge in [0.15, 0.2) is 0 Å². The van der Waals surface area contributed by atoms with Gasteiger partial charge in [-0.1, -0.05) is 34.1 Å². The van der Waals surface area contributed by atoms with Gasteiger partial charge in [-0.15, -0.1) is 0 Å². The van der Waals surface area contributed by atoms with Crippen molar-refractivity contribution in [3.63, 3.8) is 0 Å². The van der Waals surface area contributed by atoms with E-state index in [1.165, 1.54) is 6.92 Å². The second kappa shape index (κ2) is 49.8. The normalized spacial score (nSPS) is 12.9. The number of rotatable bonds is 21. The largest absolute Gasteiger partial charge is 0.480 e. The standard InChI is InChI=1S/C6H14N2O2.C6H13NO2.C5H11NO2S.C5H11NO2.C4H8N2O3.C3H7NO3.C3H7NO2.C2H5NO2/c7-4-2-1-3-5(8)6(9)10;1-4(2)3-5(7)6(8)9;1-9-3-2-4(6)5(7)8;1-3(2)4(6)5(7)8;5-2(4(8)9)1-3(6)7;4-2(1-5)3(6)7;1-2(4)3(5)6;3-1-2(4)5/h5H,1-4,7-8H2,(H,9,10);4-5H,3,7H2,1-2H3,(H,8,9);4H,2-3,6H2,1H3,(H,7,8);3-4H,6H2,1-2H3,(H,7,8);2H,1,5H2,(H2,6,7)(H,8,9);2,5H,1,4H2,(H,6,7);2H,4H2,1H3,(H,5,6);1,3H2,(H,4,5)/t2*5-;2*4-;3*2-;/m0000000./s1. The van der Waals surface area contributed by atoms with Crippen molar-refractivity contribution >= 4 is 65.4 Å². The SMILES string of the molecule is CC(C)C[C@H](N)C(=O)O.CC(C)[C@H](N)C(=O)O.CSCC[C@H](N)C(=O)O.C[C@H](N)C(=O)O.NC(=O)C[C@H](N)C(=O)O.NCC(=O)O.NCCCC[C@H](N)C(=O)O.N[C@@H](CO)C(=O)O. The minimum absolute atomic E-state index is 0.0208. The average molecular weight is 945 g/mol. The third-order valence-corrected chi connectivity index (χ3v) is 6.74. The molecule has 376 valence electrons. The highest BCUT2D eigenvalue weighted by Crippen LogP contribution is 2.02. The topological polar surface area (TPSA) is 596 Å². The second-order valence-electron chi connectivity index (χ2n) is 13.1. The number of carbonyl (C=O) groups is 9. The summed E-state index contributed by atoms with van der Waals surface area (Å²) in [6.45, 7) is 8.69. The lowest BCUT2D eigenvalue weighted by molar-refractivity contribution is -0.140. The van der Waals surface area contributed by atoms with Gasteiger partial charge in [0.1, 0.15) is 42.3 Å². The van der Waals surface area contributed by atoms with Gasteiger partial charge < -0.3 is 103 Å². The number of amides is 1. The Morgan fingerprint density at radius 2 is 0.873 bits per heavy atom. The summed E-state index contributed by atoms with van der Waals surface area (Å²) in [5.41, 5.74) is 49.7. The molecule has 0 rings (SSSR count). The van der Waals surface area contributed by atoms with Crippen LogP contribution in [0, 0.1) is 11.8 Å².